The topological polar surface area (TPSA) is 61.4 Å². The van der Waals surface area contributed by atoms with Crippen LogP contribution >= 0.6 is 0 Å². The Bertz CT molecular complexity index is 824. The molecule has 0 atom stereocenters. The maximum atomic E-state index is 12.9. The first-order valence-electron chi connectivity index (χ1n) is 10.6. The molecule has 0 unspecified atom stereocenters. The molecule has 1 saturated carbocycles. The molecule has 29 heavy (non-hydrogen) atoms. The number of hydrogen-bond donors (Lipinski definition) is 1. The van der Waals surface area contributed by atoms with Crippen molar-refractivity contribution in [1.82, 2.24) is 19.8 Å². The zero-order chi connectivity index (χ0) is 19.9. The zero-order valence-corrected chi connectivity index (χ0v) is 16.8. The molecule has 0 spiro atoms. The summed E-state index contributed by atoms with van der Waals surface area (Å²) in [4.78, 5) is 25.9. The van der Waals surface area contributed by atoms with Crippen LogP contribution in [-0.2, 0) is 0 Å². The van der Waals surface area contributed by atoms with Crippen molar-refractivity contribution in [2.24, 2.45) is 0 Å². The van der Waals surface area contributed by atoms with Gasteiger partial charge in [-0.3, -0.25) is 9.69 Å². The second-order valence-corrected chi connectivity index (χ2v) is 7.80. The minimum absolute atomic E-state index is 0.00125. The van der Waals surface area contributed by atoms with Crippen molar-refractivity contribution in [3.63, 3.8) is 0 Å². The molecule has 2 fully saturated rings. The van der Waals surface area contributed by atoms with Gasteiger partial charge in [0.05, 0.1) is 0 Å². The van der Waals surface area contributed by atoms with Crippen LogP contribution in [0.15, 0.2) is 48.7 Å². The van der Waals surface area contributed by atoms with Crippen LogP contribution in [0.5, 0.6) is 0 Å². The van der Waals surface area contributed by atoms with E-state index >= 15 is 0 Å². The molecule has 1 saturated heterocycles. The number of carbonyl (C=O) groups is 1. The van der Waals surface area contributed by atoms with Crippen LogP contribution in [0.3, 0.4) is 0 Å². The highest BCUT2D eigenvalue weighted by Gasteiger charge is 2.23. The molecular formula is C23H29N5O. The summed E-state index contributed by atoms with van der Waals surface area (Å²) in [5.74, 6) is 0.578. The zero-order valence-electron chi connectivity index (χ0n) is 16.8. The van der Waals surface area contributed by atoms with Gasteiger partial charge in [-0.25, -0.2) is 9.97 Å². The number of nitrogens with zero attached hydrogens (tertiary/aromatic N) is 4. The van der Waals surface area contributed by atoms with Gasteiger partial charge in [-0.2, -0.15) is 0 Å². The van der Waals surface area contributed by atoms with Gasteiger partial charge in [0.1, 0.15) is 5.69 Å². The fraction of sp³-hybridized carbons (Fsp3) is 0.435. The third kappa shape index (κ3) is 5.41. The average Bonchev–Trinajstić information content (AvgIpc) is 3.28. The Morgan fingerprint density at radius 2 is 1.83 bits per heavy atom. The average molecular weight is 392 g/mol. The van der Waals surface area contributed by atoms with Crippen LogP contribution in [0.2, 0.25) is 0 Å². The monoisotopic (exact) mass is 391 g/mol. The molecule has 0 bridgehead atoms. The van der Waals surface area contributed by atoms with E-state index in [0.717, 1.165) is 45.6 Å². The quantitative estimate of drug-likeness (QED) is 0.819. The van der Waals surface area contributed by atoms with Gasteiger partial charge in [0.2, 0.25) is 5.95 Å². The molecule has 0 radical (unpaired) electrons. The third-order valence-electron chi connectivity index (χ3n) is 5.70. The van der Waals surface area contributed by atoms with Crippen LogP contribution in [0, 0.1) is 0 Å². The summed E-state index contributed by atoms with van der Waals surface area (Å²) in [5.41, 5.74) is 1.70. The highest BCUT2D eigenvalue weighted by atomic mass is 16.2. The first kappa shape index (κ1) is 19.6. The van der Waals surface area contributed by atoms with E-state index in [2.05, 4.69) is 44.5 Å². The lowest BCUT2D eigenvalue weighted by Gasteiger charge is -2.34. The van der Waals surface area contributed by atoms with Gasteiger partial charge in [-0.15, -0.1) is 0 Å². The lowest BCUT2D eigenvalue weighted by atomic mass is 10.2. The molecule has 1 aliphatic carbocycles. The van der Waals surface area contributed by atoms with Crippen LogP contribution in [0.4, 0.5) is 5.95 Å². The molecule has 2 aromatic rings. The fourth-order valence-corrected chi connectivity index (χ4v) is 4.00. The van der Waals surface area contributed by atoms with Crippen molar-refractivity contribution in [1.29, 1.82) is 0 Å². The molecule has 6 heteroatoms. The Kier molecular flexibility index (Phi) is 6.52. The van der Waals surface area contributed by atoms with Gasteiger partial charge in [-0.05, 0) is 24.5 Å². The van der Waals surface area contributed by atoms with Crippen molar-refractivity contribution in [3.8, 4) is 0 Å². The summed E-state index contributed by atoms with van der Waals surface area (Å²) in [6.45, 7) is 4.12. The molecular weight excluding hydrogens is 362 g/mol. The molecule has 1 aromatic carbocycles. The minimum atomic E-state index is 0.00125. The van der Waals surface area contributed by atoms with E-state index in [1.54, 1.807) is 12.3 Å². The fourth-order valence-electron chi connectivity index (χ4n) is 4.00. The lowest BCUT2D eigenvalue weighted by Crippen LogP contribution is -2.48. The van der Waals surface area contributed by atoms with E-state index < -0.39 is 0 Å². The third-order valence-corrected chi connectivity index (χ3v) is 5.70. The molecule has 4 rings (SSSR count). The van der Waals surface area contributed by atoms with E-state index in [0.29, 0.717) is 17.7 Å². The summed E-state index contributed by atoms with van der Waals surface area (Å²) in [6, 6.07) is 12.5. The van der Waals surface area contributed by atoms with Crippen LogP contribution in [0.1, 0.15) is 41.7 Å². The number of benzene rings is 1. The van der Waals surface area contributed by atoms with Gasteiger partial charge >= 0.3 is 0 Å². The Morgan fingerprint density at radius 1 is 1.07 bits per heavy atom. The number of hydrogen-bond acceptors (Lipinski definition) is 5. The van der Waals surface area contributed by atoms with E-state index in [1.165, 1.54) is 18.4 Å². The maximum Gasteiger partial charge on any atom is 0.272 e. The first-order valence-corrected chi connectivity index (χ1v) is 10.6. The number of nitrogens with one attached hydrogen (secondary N) is 1. The number of anilines is 1. The summed E-state index contributed by atoms with van der Waals surface area (Å²) in [6.07, 6.45) is 10.8. The standard InChI is InChI=1S/C23H29N5O/c29-22(21-12-13-24-23(26-21)25-20-10-4-5-11-20)28-17-15-27(16-18-28)14-6-9-19-7-2-1-3-8-19/h1-3,6-9,12-13,20H,4-5,10-11,14-18H2,(H,24,25,26)/b9-6+. The smallest absolute Gasteiger partial charge is 0.272 e. The van der Waals surface area contributed by atoms with E-state index in [4.69, 9.17) is 0 Å². The molecule has 1 N–H and O–H groups in total. The Balaban J connectivity index is 1.27. The van der Waals surface area contributed by atoms with Gasteiger partial charge < -0.3 is 10.2 Å². The minimum Gasteiger partial charge on any atom is -0.351 e. The number of aromatic nitrogens is 2. The summed E-state index contributed by atoms with van der Waals surface area (Å²) in [7, 11) is 0. The second kappa shape index (κ2) is 9.65. The van der Waals surface area contributed by atoms with Crippen molar-refractivity contribution in [3.05, 3.63) is 59.9 Å². The molecule has 1 amide bonds. The number of amides is 1. The molecule has 2 heterocycles. The van der Waals surface area contributed by atoms with Gasteiger partial charge in [0.25, 0.3) is 5.91 Å². The predicted molar refractivity (Wildman–Crippen MR) is 116 cm³/mol. The molecule has 1 aromatic heterocycles. The largest absolute Gasteiger partial charge is 0.351 e. The highest BCUT2D eigenvalue weighted by Crippen LogP contribution is 2.20. The van der Waals surface area contributed by atoms with Gasteiger partial charge in [-0.1, -0.05) is 55.3 Å². The first-order chi connectivity index (χ1) is 14.3. The van der Waals surface area contributed by atoms with Crippen molar-refractivity contribution < 1.29 is 4.79 Å². The number of rotatable bonds is 6. The predicted octanol–water partition coefficient (Wildman–Crippen LogP) is 3.30. The Labute approximate surface area is 172 Å². The van der Waals surface area contributed by atoms with Gasteiger partial charge in [0, 0.05) is 45.0 Å². The van der Waals surface area contributed by atoms with Gasteiger partial charge in [0.15, 0.2) is 0 Å². The van der Waals surface area contributed by atoms with Crippen molar-refractivity contribution >= 4 is 17.9 Å². The summed E-state index contributed by atoms with van der Waals surface area (Å²) in [5, 5.41) is 3.37. The van der Waals surface area contributed by atoms with Crippen molar-refractivity contribution in [2.75, 3.05) is 38.0 Å². The molecule has 2 aliphatic rings. The van der Waals surface area contributed by atoms with E-state index in [1.807, 2.05) is 23.1 Å². The molecule has 6 nitrogen and oxygen atoms in total. The van der Waals surface area contributed by atoms with Crippen molar-refractivity contribution in [2.45, 2.75) is 31.7 Å². The van der Waals surface area contributed by atoms with Crippen LogP contribution in [0.25, 0.3) is 6.08 Å². The molecule has 152 valence electrons. The second-order valence-electron chi connectivity index (χ2n) is 7.80. The normalized spacial score (nSPS) is 18.4. The summed E-state index contributed by atoms with van der Waals surface area (Å²) < 4.78 is 0. The van der Waals surface area contributed by atoms with Crippen LogP contribution < -0.4 is 5.32 Å². The highest BCUT2D eigenvalue weighted by molar-refractivity contribution is 5.92. The molecule has 1 aliphatic heterocycles. The SMILES string of the molecule is O=C(c1ccnc(NC2CCCC2)n1)N1CCN(C/C=C/c2ccccc2)CC1. The Hall–Kier alpha value is -2.73. The maximum absolute atomic E-state index is 12.9. The van der Waals surface area contributed by atoms with E-state index in [9.17, 15) is 4.79 Å². The number of piperazine rings is 1. The lowest BCUT2D eigenvalue weighted by molar-refractivity contribution is 0.0644. The van der Waals surface area contributed by atoms with Crippen LogP contribution in [-0.4, -0.2) is 64.4 Å². The number of carbonyl (C=O) groups excluding carboxylic acids is 1. The summed E-state index contributed by atoms with van der Waals surface area (Å²) >= 11 is 0. The Morgan fingerprint density at radius 3 is 2.59 bits per heavy atom. The van der Waals surface area contributed by atoms with E-state index in [-0.39, 0.29) is 5.91 Å².